The summed E-state index contributed by atoms with van der Waals surface area (Å²) in [6, 6.07) is 2.23. The average Bonchev–Trinajstić information content (AvgIpc) is 2.69. The van der Waals surface area contributed by atoms with Crippen LogP contribution in [0.25, 0.3) is 0 Å². The molecular formula is C18H31NO. The number of hydrogen-bond acceptors (Lipinski definition) is 1. The highest BCUT2D eigenvalue weighted by Crippen LogP contribution is 2.45. The molecule has 1 aliphatic carbocycles. The molecule has 1 aromatic rings. The van der Waals surface area contributed by atoms with E-state index in [0.717, 1.165) is 32.1 Å². The van der Waals surface area contributed by atoms with Crippen molar-refractivity contribution in [2.24, 2.45) is 5.41 Å². The van der Waals surface area contributed by atoms with Gasteiger partial charge < -0.3 is 9.67 Å². The summed E-state index contributed by atoms with van der Waals surface area (Å²) in [5.74, 6) is 0. The van der Waals surface area contributed by atoms with Crippen molar-refractivity contribution in [2.75, 3.05) is 0 Å². The Bertz CT molecular complexity index is 472. The fourth-order valence-corrected chi connectivity index (χ4v) is 4.23. The van der Waals surface area contributed by atoms with E-state index in [2.05, 4.69) is 52.2 Å². The Labute approximate surface area is 124 Å². The maximum absolute atomic E-state index is 10.5. The zero-order valence-corrected chi connectivity index (χ0v) is 14.1. The molecular weight excluding hydrogens is 246 g/mol. The molecule has 2 rings (SSSR count). The van der Waals surface area contributed by atoms with Gasteiger partial charge in [0.25, 0.3) is 0 Å². The van der Waals surface area contributed by atoms with Gasteiger partial charge in [0.15, 0.2) is 0 Å². The molecule has 20 heavy (non-hydrogen) atoms. The highest BCUT2D eigenvalue weighted by Gasteiger charge is 2.38. The Morgan fingerprint density at radius 1 is 1.25 bits per heavy atom. The summed E-state index contributed by atoms with van der Waals surface area (Å²) in [5.41, 5.74) is 4.29. The number of fused-ring (bicyclic) bond motifs is 1. The van der Waals surface area contributed by atoms with Gasteiger partial charge >= 0.3 is 0 Å². The van der Waals surface area contributed by atoms with Crippen molar-refractivity contribution in [2.45, 2.75) is 85.3 Å². The van der Waals surface area contributed by atoms with Gasteiger partial charge in [0.2, 0.25) is 0 Å². The average molecular weight is 277 g/mol. The van der Waals surface area contributed by atoms with Gasteiger partial charge in [-0.05, 0) is 50.5 Å². The van der Waals surface area contributed by atoms with Gasteiger partial charge in [0.1, 0.15) is 0 Å². The van der Waals surface area contributed by atoms with Crippen LogP contribution in [0.4, 0.5) is 0 Å². The zero-order chi connectivity index (χ0) is 15.1. The lowest BCUT2D eigenvalue weighted by molar-refractivity contribution is 0.0946. The first-order chi connectivity index (χ1) is 9.30. The first-order valence-electron chi connectivity index (χ1n) is 8.20. The SMILES string of the molecule is CCC(CC)(CC)n1c(C)cc2c1CC(C)(C)CC2O. The molecule has 1 unspecified atom stereocenters. The second-order valence-corrected chi connectivity index (χ2v) is 7.37. The number of aliphatic hydroxyl groups is 1. The van der Waals surface area contributed by atoms with Gasteiger partial charge in [-0.15, -0.1) is 0 Å². The van der Waals surface area contributed by atoms with Crippen LogP contribution in [0, 0.1) is 12.3 Å². The summed E-state index contributed by atoms with van der Waals surface area (Å²) in [4.78, 5) is 0. The molecule has 1 N–H and O–H groups in total. The topological polar surface area (TPSA) is 25.2 Å². The molecule has 1 aromatic heterocycles. The molecule has 0 fully saturated rings. The van der Waals surface area contributed by atoms with Crippen LogP contribution in [0.3, 0.4) is 0 Å². The number of aliphatic hydroxyl groups excluding tert-OH is 1. The van der Waals surface area contributed by atoms with Crippen molar-refractivity contribution >= 4 is 0 Å². The normalized spacial score (nSPS) is 21.9. The first kappa shape index (κ1) is 15.6. The van der Waals surface area contributed by atoms with E-state index >= 15 is 0 Å². The van der Waals surface area contributed by atoms with Crippen LogP contribution in [0.1, 0.15) is 83.4 Å². The summed E-state index contributed by atoms with van der Waals surface area (Å²) in [6.45, 7) is 13.6. The molecule has 0 aromatic carbocycles. The summed E-state index contributed by atoms with van der Waals surface area (Å²) >= 11 is 0. The van der Waals surface area contributed by atoms with Gasteiger partial charge in [-0.25, -0.2) is 0 Å². The number of nitrogens with zero attached hydrogens (tertiary/aromatic N) is 1. The predicted molar refractivity (Wildman–Crippen MR) is 85.1 cm³/mol. The smallest absolute Gasteiger partial charge is 0.0812 e. The highest BCUT2D eigenvalue weighted by molar-refractivity contribution is 5.34. The molecule has 0 saturated heterocycles. The lowest BCUT2D eigenvalue weighted by atomic mass is 9.75. The summed E-state index contributed by atoms with van der Waals surface area (Å²) in [5, 5.41) is 10.5. The van der Waals surface area contributed by atoms with E-state index in [1.165, 1.54) is 17.0 Å². The van der Waals surface area contributed by atoms with Crippen LogP contribution in [0.15, 0.2) is 6.07 Å². The Balaban J connectivity index is 2.62. The van der Waals surface area contributed by atoms with Crippen molar-refractivity contribution < 1.29 is 5.11 Å². The van der Waals surface area contributed by atoms with E-state index in [1.54, 1.807) is 0 Å². The molecule has 0 spiro atoms. The molecule has 0 bridgehead atoms. The number of hydrogen-bond donors (Lipinski definition) is 1. The van der Waals surface area contributed by atoms with Crippen LogP contribution < -0.4 is 0 Å². The van der Waals surface area contributed by atoms with E-state index in [0.29, 0.717) is 0 Å². The van der Waals surface area contributed by atoms with Gasteiger partial charge in [-0.1, -0.05) is 34.6 Å². The van der Waals surface area contributed by atoms with Crippen molar-refractivity contribution in [3.8, 4) is 0 Å². The molecule has 0 radical (unpaired) electrons. The largest absolute Gasteiger partial charge is 0.388 e. The number of aromatic nitrogens is 1. The molecule has 0 amide bonds. The van der Waals surface area contributed by atoms with Crippen molar-refractivity contribution in [1.29, 1.82) is 0 Å². The first-order valence-corrected chi connectivity index (χ1v) is 8.20. The van der Waals surface area contributed by atoms with Crippen molar-refractivity contribution in [1.82, 2.24) is 4.57 Å². The maximum atomic E-state index is 10.5. The van der Waals surface area contributed by atoms with E-state index in [4.69, 9.17) is 0 Å². The fourth-order valence-electron chi connectivity index (χ4n) is 4.23. The Morgan fingerprint density at radius 3 is 2.30 bits per heavy atom. The van der Waals surface area contributed by atoms with Crippen LogP contribution in [-0.4, -0.2) is 9.67 Å². The van der Waals surface area contributed by atoms with Gasteiger partial charge in [-0.2, -0.15) is 0 Å². The summed E-state index contributed by atoms with van der Waals surface area (Å²) in [6.07, 6.45) is 5.11. The molecule has 2 nitrogen and oxygen atoms in total. The van der Waals surface area contributed by atoms with Crippen LogP contribution in [0.2, 0.25) is 0 Å². The van der Waals surface area contributed by atoms with Gasteiger partial charge in [0, 0.05) is 22.5 Å². The highest BCUT2D eigenvalue weighted by atomic mass is 16.3. The lowest BCUT2D eigenvalue weighted by Crippen LogP contribution is -2.36. The Kier molecular flexibility index (Phi) is 4.07. The molecule has 0 saturated carbocycles. The van der Waals surface area contributed by atoms with Crippen LogP contribution in [-0.2, 0) is 12.0 Å². The molecule has 1 atom stereocenters. The molecule has 2 heteroatoms. The molecule has 0 aliphatic heterocycles. The van der Waals surface area contributed by atoms with Crippen molar-refractivity contribution in [3.05, 3.63) is 23.0 Å². The number of aryl methyl sites for hydroxylation is 1. The summed E-state index contributed by atoms with van der Waals surface area (Å²) in [7, 11) is 0. The van der Waals surface area contributed by atoms with Crippen molar-refractivity contribution in [3.63, 3.8) is 0 Å². The third kappa shape index (κ3) is 2.32. The van der Waals surface area contributed by atoms with E-state index in [-0.39, 0.29) is 17.1 Å². The standard InChI is InChI=1S/C18H31NO/c1-7-18(8-2,9-3)19-13(4)10-14-15(19)11-17(5,6)12-16(14)20/h10,16,20H,7-9,11-12H2,1-6H3. The minimum absolute atomic E-state index is 0.190. The Morgan fingerprint density at radius 2 is 1.80 bits per heavy atom. The lowest BCUT2D eigenvalue weighted by Gasteiger charge is -2.40. The van der Waals surface area contributed by atoms with Gasteiger partial charge in [-0.3, -0.25) is 0 Å². The monoisotopic (exact) mass is 277 g/mol. The van der Waals surface area contributed by atoms with Gasteiger partial charge in [0.05, 0.1) is 6.10 Å². The van der Waals surface area contributed by atoms with Crippen LogP contribution in [0.5, 0.6) is 0 Å². The predicted octanol–water partition coefficient (Wildman–Crippen LogP) is 4.73. The maximum Gasteiger partial charge on any atom is 0.0812 e. The third-order valence-corrected chi connectivity index (χ3v) is 5.52. The molecule has 1 aliphatic rings. The second-order valence-electron chi connectivity index (χ2n) is 7.37. The van der Waals surface area contributed by atoms with E-state index < -0.39 is 0 Å². The molecule has 114 valence electrons. The third-order valence-electron chi connectivity index (χ3n) is 5.52. The van der Waals surface area contributed by atoms with E-state index in [1.807, 2.05) is 0 Å². The fraction of sp³-hybridized carbons (Fsp3) is 0.778. The summed E-state index contributed by atoms with van der Waals surface area (Å²) < 4.78 is 2.56. The quantitative estimate of drug-likeness (QED) is 0.845. The second kappa shape index (κ2) is 5.22. The van der Waals surface area contributed by atoms with E-state index in [9.17, 15) is 5.11 Å². The number of rotatable bonds is 4. The zero-order valence-electron chi connectivity index (χ0n) is 14.1. The minimum Gasteiger partial charge on any atom is -0.388 e. The molecule has 1 heterocycles. The Hall–Kier alpha value is -0.760. The van der Waals surface area contributed by atoms with Crippen LogP contribution >= 0.6 is 0 Å². The minimum atomic E-state index is -0.294.